The van der Waals surface area contributed by atoms with Gasteiger partial charge in [-0.15, -0.1) is 0 Å². The van der Waals surface area contributed by atoms with Crippen molar-refractivity contribution < 1.29 is 4.39 Å². The number of rotatable bonds is 6. The van der Waals surface area contributed by atoms with E-state index in [1.807, 2.05) is 12.1 Å². The lowest BCUT2D eigenvalue weighted by Crippen LogP contribution is -1.89. The van der Waals surface area contributed by atoms with Crippen LogP contribution in [0.25, 0.3) is 0 Å². The molecule has 0 nitrogen and oxygen atoms in total. The molecule has 0 aromatic heterocycles. The van der Waals surface area contributed by atoms with Crippen LogP contribution in [0.4, 0.5) is 4.39 Å². The molecule has 0 saturated heterocycles. The van der Waals surface area contributed by atoms with Crippen molar-refractivity contribution in [3.63, 3.8) is 0 Å². The Morgan fingerprint density at radius 3 is 1.78 bits per heavy atom. The first-order valence-corrected chi connectivity index (χ1v) is 6.63. The average molecular weight is 242 g/mol. The zero-order valence-corrected chi connectivity index (χ0v) is 10.6. The maximum Gasteiger partial charge on any atom is 0.123 e. The van der Waals surface area contributed by atoms with Gasteiger partial charge in [0.1, 0.15) is 5.82 Å². The van der Waals surface area contributed by atoms with Gasteiger partial charge in [0.2, 0.25) is 0 Å². The van der Waals surface area contributed by atoms with E-state index in [9.17, 15) is 4.39 Å². The molecule has 0 N–H and O–H groups in total. The van der Waals surface area contributed by atoms with Crippen LogP contribution in [-0.2, 0) is 12.8 Å². The summed E-state index contributed by atoms with van der Waals surface area (Å²) in [6.07, 6.45) is 5.84. The molecule has 0 saturated carbocycles. The first-order valence-electron chi connectivity index (χ1n) is 6.63. The highest BCUT2D eigenvalue weighted by atomic mass is 19.1. The Morgan fingerprint density at radius 2 is 1.17 bits per heavy atom. The summed E-state index contributed by atoms with van der Waals surface area (Å²) in [6, 6.07) is 17.4. The fraction of sp³-hybridized carbons (Fsp3) is 0.294. The van der Waals surface area contributed by atoms with Gasteiger partial charge in [-0.2, -0.15) is 0 Å². The third kappa shape index (κ3) is 4.33. The Bertz CT molecular complexity index is 445. The first-order chi connectivity index (χ1) is 8.84. The largest absolute Gasteiger partial charge is 0.207 e. The van der Waals surface area contributed by atoms with Crippen LogP contribution in [-0.4, -0.2) is 0 Å². The van der Waals surface area contributed by atoms with E-state index in [1.165, 1.54) is 30.4 Å². The average Bonchev–Trinajstić information content (AvgIpc) is 2.42. The second-order valence-corrected chi connectivity index (χ2v) is 4.67. The Hall–Kier alpha value is -1.63. The van der Waals surface area contributed by atoms with Gasteiger partial charge in [-0.25, -0.2) is 4.39 Å². The molecule has 0 spiro atoms. The summed E-state index contributed by atoms with van der Waals surface area (Å²) in [5, 5.41) is 0. The van der Waals surface area contributed by atoms with E-state index in [2.05, 4.69) is 30.3 Å². The van der Waals surface area contributed by atoms with E-state index in [0.29, 0.717) is 0 Å². The standard InChI is InChI=1S/C17H19F/c18-17-13-11-16(12-14-17)10-6-2-5-9-15-7-3-1-4-8-15/h1,3-4,7-8,11-14H,2,5-6,9-10H2. The summed E-state index contributed by atoms with van der Waals surface area (Å²) in [7, 11) is 0. The van der Waals surface area contributed by atoms with Gasteiger partial charge >= 0.3 is 0 Å². The highest BCUT2D eigenvalue weighted by Crippen LogP contribution is 2.10. The summed E-state index contributed by atoms with van der Waals surface area (Å²) in [5.41, 5.74) is 2.65. The Balaban J connectivity index is 1.63. The van der Waals surface area contributed by atoms with Gasteiger partial charge in [0.15, 0.2) is 0 Å². The molecule has 1 heteroatoms. The molecule has 2 aromatic carbocycles. The number of aryl methyl sites for hydroxylation is 2. The highest BCUT2D eigenvalue weighted by Gasteiger charge is 1.96. The van der Waals surface area contributed by atoms with E-state index < -0.39 is 0 Å². The van der Waals surface area contributed by atoms with Crippen LogP contribution in [0.3, 0.4) is 0 Å². The quantitative estimate of drug-likeness (QED) is 0.639. The number of benzene rings is 2. The van der Waals surface area contributed by atoms with Crippen molar-refractivity contribution in [3.8, 4) is 0 Å². The second-order valence-electron chi connectivity index (χ2n) is 4.67. The van der Waals surface area contributed by atoms with E-state index in [-0.39, 0.29) is 5.82 Å². The third-order valence-electron chi connectivity index (χ3n) is 3.19. The SMILES string of the molecule is Fc1ccc(CCCCCc2ccccc2)cc1. The van der Waals surface area contributed by atoms with Crippen LogP contribution in [0.15, 0.2) is 54.6 Å². The minimum atomic E-state index is -0.150. The molecular formula is C17H19F. The maximum atomic E-state index is 12.7. The van der Waals surface area contributed by atoms with Crippen LogP contribution in [0.1, 0.15) is 30.4 Å². The van der Waals surface area contributed by atoms with Crippen molar-refractivity contribution in [2.75, 3.05) is 0 Å². The Kier molecular flexibility index (Phi) is 4.95. The monoisotopic (exact) mass is 242 g/mol. The lowest BCUT2D eigenvalue weighted by Gasteiger charge is -2.03. The van der Waals surface area contributed by atoms with Gasteiger partial charge in [-0.05, 0) is 48.9 Å². The van der Waals surface area contributed by atoms with E-state index in [0.717, 1.165) is 12.8 Å². The molecule has 0 fully saturated rings. The number of hydrogen-bond donors (Lipinski definition) is 0. The molecule has 0 heterocycles. The molecule has 0 aliphatic heterocycles. The van der Waals surface area contributed by atoms with Crippen molar-refractivity contribution >= 4 is 0 Å². The number of unbranched alkanes of at least 4 members (excludes halogenated alkanes) is 2. The van der Waals surface area contributed by atoms with Gasteiger partial charge in [-0.1, -0.05) is 48.9 Å². The second kappa shape index (κ2) is 6.95. The van der Waals surface area contributed by atoms with E-state index in [1.54, 1.807) is 12.1 Å². The van der Waals surface area contributed by atoms with Crippen LogP contribution >= 0.6 is 0 Å². The summed E-state index contributed by atoms with van der Waals surface area (Å²) in [6.45, 7) is 0. The fourth-order valence-corrected chi connectivity index (χ4v) is 2.13. The summed E-state index contributed by atoms with van der Waals surface area (Å²) in [5.74, 6) is -0.150. The summed E-state index contributed by atoms with van der Waals surface area (Å²) >= 11 is 0. The predicted molar refractivity (Wildman–Crippen MR) is 74.1 cm³/mol. The van der Waals surface area contributed by atoms with Crippen molar-refractivity contribution in [2.45, 2.75) is 32.1 Å². The topological polar surface area (TPSA) is 0 Å². The van der Waals surface area contributed by atoms with Gasteiger partial charge in [0.25, 0.3) is 0 Å². The predicted octanol–water partition coefficient (Wildman–Crippen LogP) is 4.78. The minimum absolute atomic E-state index is 0.150. The molecule has 18 heavy (non-hydrogen) atoms. The molecule has 0 bridgehead atoms. The van der Waals surface area contributed by atoms with Crippen molar-refractivity contribution in [1.29, 1.82) is 0 Å². The summed E-state index contributed by atoms with van der Waals surface area (Å²) in [4.78, 5) is 0. The van der Waals surface area contributed by atoms with Crippen LogP contribution in [0.5, 0.6) is 0 Å². The molecule has 2 aromatic rings. The lowest BCUT2D eigenvalue weighted by molar-refractivity contribution is 0.625. The first kappa shape index (κ1) is 12.8. The molecule has 0 unspecified atom stereocenters. The molecule has 0 radical (unpaired) electrons. The molecule has 0 aliphatic carbocycles. The fourth-order valence-electron chi connectivity index (χ4n) is 2.13. The minimum Gasteiger partial charge on any atom is -0.207 e. The molecule has 0 aliphatic rings. The zero-order chi connectivity index (χ0) is 12.6. The summed E-state index contributed by atoms with van der Waals surface area (Å²) < 4.78 is 12.7. The van der Waals surface area contributed by atoms with Gasteiger partial charge in [0.05, 0.1) is 0 Å². The van der Waals surface area contributed by atoms with Gasteiger partial charge in [0, 0.05) is 0 Å². The van der Waals surface area contributed by atoms with Crippen molar-refractivity contribution in [3.05, 3.63) is 71.5 Å². The number of halogens is 1. The van der Waals surface area contributed by atoms with Crippen molar-refractivity contribution in [1.82, 2.24) is 0 Å². The molecular weight excluding hydrogens is 223 g/mol. The maximum absolute atomic E-state index is 12.7. The third-order valence-corrected chi connectivity index (χ3v) is 3.19. The van der Waals surface area contributed by atoms with Crippen LogP contribution < -0.4 is 0 Å². The van der Waals surface area contributed by atoms with Crippen LogP contribution in [0.2, 0.25) is 0 Å². The molecule has 2 rings (SSSR count). The number of hydrogen-bond acceptors (Lipinski definition) is 0. The van der Waals surface area contributed by atoms with Crippen LogP contribution in [0, 0.1) is 5.82 Å². The molecule has 94 valence electrons. The lowest BCUT2D eigenvalue weighted by atomic mass is 10.0. The molecule has 0 amide bonds. The van der Waals surface area contributed by atoms with Gasteiger partial charge in [-0.3, -0.25) is 0 Å². The van der Waals surface area contributed by atoms with Gasteiger partial charge < -0.3 is 0 Å². The Labute approximate surface area is 108 Å². The highest BCUT2D eigenvalue weighted by molar-refractivity contribution is 5.16. The zero-order valence-electron chi connectivity index (χ0n) is 10.6. The smallest absolute Gasteiger partial charge is 0.123 e. The van der Waals surface area contributed by atoms with E-state index >= 15 is 0 Å². The molecule has 0 atom stereocenters. The van der Waals surface area contributed by atoms with E-state index in [4.69, 9.17) is 0 Å². The van der Waals surface area contributed by atoms with Crippen molar-refractivity contribution in [2.24, 2.45) is 0 Å². The normalized spacial score (nSPS) is 10.5. The Morgan fingerprint density at radius 1 is 0.611 bits per heavy atom.